The highest BCUT2D eigenvalue weighted by Gasteiger charge is 2.37. The van der Waals surface area contributed by atoms with Gasteiger partial charge in [-0.3, -0.25) is 9.69 Å². The monoisotopic (exact) mass is 318 g/mol. The summed E-state index contributed by atoms with van der Waals surface area (Å²) < 4.78 is 44.1. The maximum absolute atomic E-state index is 13.1. The molecule has 21 heavy (non-hydrogen) atoms. The molecule has 2 rings (SSSR count). The van der Waals surface area contributed by atoms with Crippen molar-refractivity contribution in [1.82, 2.24) is 10.2 Å². The third-order valence-corrected chi connectivity index (χ3v) is 3.51. The molecule has 0 bridgehead atoms. The molecule has 1 saturated heterocycles. The van der Waals surface area contributed by atoms with E-state index in [4.69, 9.17) is 17.0 Å². The number of methoxy groups -OCH3 is 1. The van der Waals surface area contributed by atoms with Gasteiger partial charge in [-0.25, -0.2) is 0 Å². The minimum absolute atomic E-state index is 0.0325. The highest BCUT2D eigenvalue weighted by molar-refractivity contribution is 7.80. The van der Waals surface area contributed by atoms with Crippen LogP contribution in [0.1, 0.15) is 18.1 Å². The maximum atomic E-state index is 13.1. The number of benzene rings is 1. The highest BCUT2D eigenvalue weighted by Crippen LogP contribution is 2.35. The van der Waals surface area contributed by atoms with Gasteiger partial charge in [0.2, 0.25) is 0 Å². The van der Waals surface area contributed by atoms with E-state index in [1.165, 1.54) is 19.2 Å². The van der Waals surface area contributed by atoms with Crippen molar-refractivity contribution in [3.63, 3.8) is 0 Å². The van der Waals surface area contributed by atoms with Gasteiger partial charge in [-0.15, -0.1) is 0 Å². The van der Waals surface area contributed by atoms with Gasteiger partial charge < -0.3 is 10.1 Å². The molecule has 0 spiro atoms. The van der Waals surface area contributed by atoms with Crippen molar-refractivity contribution in [2.24, 2.45) is 0 Å². The second-order valence-corrected chi connectivity index (χ2v) is 5.00. The van der Waals surface area contributed by atoms with E-state index < -0.39 is 17.8 Å². The molecule has 8 heteroatoms. The smallest absolute Gasteiger partial charge is 0.416 e. The quantitative estimate of drug-likeness (QED) is 0.869. The standard InChI is InChI=1S/C13H13F3N2O2S/c1-7-11(19)18(12(21)17-7)6-8-3-4-9(20-2)5-10(8)13(14,15)16/h3-5,7H,6H2,1-2H3,(H,17,21)/t7-/m0/s1. The zero-order valence-electron chi connectivity index (χ0n) is 11.3. The largest absolute Gasteiger partial charge is 0.497 e. The van der Waals surface area contributed by atoms with Gasteiger partial charge >= 0.3 is 6.18 Å². The predicted molar refractivity (Wildman–Crippen MR) is 73.7 cm³/mol. The van der Waals surface area contributed by atoms with Crippen LogP contribution in [0.3, 0.4) is 0 Å². The van der Waals surface area contributed by atoms with Gasteiger partial charge in [0.15, 0.2) is 5.11 Å². The van der Waals surface area contributed by atoms with Crippen molar-refractivity contribution in [2.45, 2.75) is 25.7 Å². The average molecular weight is 318 g/mol. The van der Waals surface area contributed by atoms with Crippen LogP contribution in [-0.2, 0) is 17.5 Å². The Morgan fingerprint density at radius 2 is 2.10 bits per heavy atom. The molecular formula is C13H13F3N2O2S. The lowest BCUT2D eigenvalue weighted by atomic mass is 10.1. The van der Waals surface area contributed by atoms with Crippen LogP contribution in [-0.4, -0.2) is 29.1 Å². The molecule has 0 aliphatic carbocycles. The van der Waals surface area contributed by atoms with Crippen molar-refractivity contribution in [2.75, 3.05) is 7.11 Å². The van der Waals surface area contributed by atoms with Crippen LogP contribution in [0.25, 0.3) is 0 Å². The van der Waals surface area contributed by atoms with Crippen molar-refractivity contribution < 1.29 is 22.7 Å². The third-order valence-electron chi connectivity index (χ3n) is 3.17. The number of halogens is 3. The van der Waals surface area contributed by atoms with Crippen molar-refractivity contribution in [1.29, 1.82) is 0 Å². The van der Waals surface area contributed by atoms with Crippen molar-refractivity contribution in [3.05, 3.63) is 29.3 Å². The molecule has 0 aromatic heterocycles. The van der Waals surface area contributed by atoms with Crippen LogP contribution in [0.5, 0.6) is 5.75 Å². The number of thiocarbonyl (C=S) groups is 1. The SMILES string of the molecule is COc1ccc(CN2C(=O)[C@H](C)NC2=S)c(C(F)(F)F)c1. The lowest BCUT2D eigenvalue weighted by Gasteiger charge is -2.19. The topological polar surface area (TPSA) is 41.6 Å². The number of hydrogen-bond donors (Lipinski definition) is 1. The summed E-state index contributed by atoms with van der Waals surface area (Å²) in [7, 11) is 1.29. The van der Waals surface area contributed by atoms with E-state index >= 15 is 0 Å². The van der Waals surface area contributed by atoms with Crippen LogP contribution in [0, 0.1) is 0 Å². The molecule has 1 atom stereocenters. The van der Waals surface area contributed by atoms with Crippen LogP contribution in [0.4, 0.5) is 13.2 Å². The normalized spacial score (nSPS) is 18.9. The molecule has 1 fully saturated rings. The second-order valence-electron chi connectivity index (χ2n) is 4.62. The van der Waals surface area contributed by atoms with E-state index in [9.17, 15) is 18.0 Å². The number of hydrogen-bond acceptors (Lipinski definition) is 3. The summed E-state index contributed by atoms with van der Waals surface area (Å²) in [6.07, 6.45) is -4.53. The maximum Gasteiger partial charge on any atom is 0.416 e. The first kappa shape index (κ1) is 15.6. The Balaban J connectivity index is 2.36. The Morgan fingerprint density at radius 1 is 1.43 bits per heavy atom. The lowest BCUT2D eigenvalue weighted by Crippen LogP contribution is -2.31. The summed E-state index contributed by atoms with van der Waals surface area (Å²) in [5.74, 6) is -0.239. The van der Waals surface area contributed by atoms with Crippen LogP contribution in [0.2, 0.25) is 0 Å². The number of nitrogens with zero attached hydrogens (tertiary/aromatic N) is 1. The molecule has 0 saturated carbocycles. The van der Waals surface area contributed by atoms with Crippen LogP contribution < -0.4 is 10.1 Å². The van der Waals surface area contributed by atoms with Gasteiger partial charge in [0.1, 0.15) is 11.8 Å². The summed E-state index contributed by atoms with van der Waals surface area (Å²) in [6, 6.07) is 3.10. The zero-order chi connectivity index (χ0) is 15.8. The number of amides is 1. The van der Waals surface area contributed by atoms with E-state index in [-0.39, 0.29) is 28.9 Å². The van der Waals surface area contributed by atoms with E-state index in [0.29, 0.717) is 0 Å². The Labute approximate surface area is 124 Å². The Hall–Kier alpha value is -1.83. The zero-order valence-corrected chi connectivity index (χ0v) is 12.1. The van der Waals surface area contributed by atoms with Crippen molar-refractivity contribution >= 4 is 23.2 Å². The van der Waals surface area contributed by atoms with E-state index in [0.717, 1.165) is 11.0 Å². The summed E-state index contributed by atoms with van der Waals surface area (Å²) in [5.41, 5.74) is -0.869. The molecule has 1 aliphatic heterocycles. The fraction of sp³-hybridized carbons (Fsp3) is 0.385. The molecule has 1 heterocycles. The number of carbonyl (C=O) groups is 1. The van der Waals surface area contributed by atoms with Gasteiger partial charge in [-0.2, -0.15) is 13.2 Å². The molecule has 1 aliphatic rings. The molecule has 0 unspecified atom stereocenters. The number of alkyl halides is 3. The van der Waals surface area contributed by atoms with Crippen LogP contribution in [0.15, 0.2) is 18.2 Å². The molecule has 114 valence electrons. The van der Waals surface area contributed by atoms with Gasteiger partial charge in [0, 0.05) is 0 Å². The first-order chi connectivity index (χ1) is 9.74. The number of ether oxygens (including phenoxy) is 1. The second kappa shape index (κ2) is 5.51. The fourth-order valence-electron chi connectivity index (χ4n) is 2.06. The Kier molecular flexibility index (Phi) is 4.08. The summed E-state index contributed by atoms with van der Waals surface area (Å²) in [6.45, 7) is 1.38. The first-order valence-corrected chi connectivity index (χ1v) is 6.51. The summed E-state index contributed by atoms with van der Waals surface area (Å²) in [4.78, 5) is 13.0. The van der Waals surface area contributed by atoms with E-state index in [1.807, 2.05) is 0 Å². The van der Waals surface area contributed by atoms with E-state index in [2.05, 4.69) is 5.32 Å². The van der Waals surface area contributed by atoms with Gasteiger partial charge in [-0.1, -0.05) is 6.07 Å². The molecule has 0 radical (unpaired) electrons. The molecule has 4 nitrogen and oxygen atoms in total. The van der Waals surface area contributed by atoms with Gasteiger partial charge in [0.05, 0.1) is 19.2 Å². The minimum atomic E-state index is -4.53. The molecular weight excluding hydrogens is 305 g/mol. The van der Waals surface area contributed by atoms with Crippen LogP contribution >= 0.6 is 12.2 Å². The molecule has 1 aromatic rings. The van der Waals surface area contributed by atoms with Gasteiger partial charge in [-0.05, 0) is 36.8 Å². The molecule has 1 amide bonds. The number of carbonyl (C=O) groups excluding carboxylic acids is 1. The summed E-state index contributed by atoms with van der Waals surface area (Å²) >= 11 is 4.97. The predicted octanol–water partition coefficient (Wildman–Crippen LogP) is 2.32. The highest BCUT2D eigenvalue weighted by atomic mass is 32.1. The summed E-state index contributed by atoms with van der Waals surface area (Å²) in [5, 5.41) is 2.86. The Bertz CT molecular complexity index is 589. The van der Waals surface area contributed by atoms with Gasteiger partial charge in [0.25, 0.3) is 5.91 Å². The fourth-order valence-corrected chi connectivity index (χ4v) is 2.39. The lowest BCUT2D eigenvalue weighted by molar-refractivity contribution is -0.139. The van der Waals surface area contributed by atoms with E-state index in [1.54, 1.807) is 6.92 Å². The Morgan fingerprint density at radius 3 is 2.57 bits per heavy atom. The number of rotatable bonds is 3. The minimum Gasteiger partial charge on any atom is -0.497 e. The third kappa shape index (κ3) is 3.10. The number of nitrogens with one attached hydrogen (secondary N) is 1. The molecule has 1 aromatic carbocycles. The molecule has 1 N–H and O–H groups in total. The average Bonchev–Trinajstić information content (AvgIpc) is 2.64. The van der Waals surface area contributed by atoms with Crippen molar-refractivity contribution in [3.8, 4) is 5.75 Å². The first-order valence-electron chi connectivity index (χ1n) is 6.10.